The quantitative estimate of drug-likeness (QED) is 0.608. The zero-order valence-corrected chi connectivity index (χ0v) is 13.8. The maximum atomic E-state index is 5.84. The molecule has 3 nitrogen and oxygen atoms in total. The van der Waals surface area contributed by atoms with Crippen molar-refractivity contribution in [2.75, 3.05) is 25.9 Å². The lowest BCUT2D eigenvalue weighted by molar-refractivity contribution is 0.259. The summed E-state index contributed by atoms with van der Waals surface area (Å²) in [6, 6.07) is 15.9. The van der Waals surface area contributed by atoms with Gasteiger partial charge in [0.25, 0.3) is 0 Å². The third-order valence-corrected chi connectivity index (χ3v) is 4.03. The maximum absolute atomic E-state index is 5.84. The zero-order chi connectivity index (χ0) is 15.1. The van der Waals surface area contributed by atoms with Gasteiger partial charge in [-0.25, -0.2) is 0 Å². The highest BCUT2D eigenvalue weighted by molar-refractivity contribution is 9.10. The maximum Gasteiger partial charge on any atom is 0.142 e. The van der Waals surface area contributed by atoms with E-state index in [-0.39, 0.29) is 0 Å². The van der Waals surface area contributed by atoms with E-state index in [9.17, 15) is 0 Å². The van der Waals surface area contributed by atoms with E-state index < -0.39 is 0 Å². The van der Waals surface area contributed by atoms with Gasteiger partial charge in [-0.3, -0.25) is 0 Å². The Hall–Kier alpha value is -1.52. The number of anilines is 1. The van der Waals surface area contributed by atoms with Gasteiger partial charge in [-0.2, -0.15) is 0 Å². The van der Waals surface area contributed by atoms with Crippen molar-refractivity contribution in [2.45, 2.75) is 13.0 Å². The van der Waals surface area contributed by atoms with Gasteiger partial charge in [0.05, 0.1) is 12.3 Å². The van der Waals surface area contributed by atoms with E-state index in [2.05, 4.69) is 46.1 Å². The summed E-state index contributed by atoms with van der Waals surface area (Å²) in [5, 5.41) is 0. The lowest BCUT2D eigenvalue weighted by atomic mass is 10.2. The van der Waals surface area contributed by atoms with Crippen molar-refractivity contribution in [3.63, 3.8) is 0 Å². The van der Waals surface area contributed by atoms with Crippen LogP contribution >= 0.6 is 15.9 Å². The number of nitrogens with zero attached hydrogens (tertiary/aromatic N) is 1. The Morgan fingerprint density at radius 3 is 2.57 bits per heavy atom. The molecule has 0 aliphatic rings. The summed E-state index contributed by atoms with van der Waals surface area (Å²) in [6.07, 6.45) is 0.968. The topological polar surface area (TPSA) is 38.5 Å². The minimum absolute atomic E-state index is 0.675. The van der Waals surface area contributed by atoms with Crippen LogP contribution in [0.3, 0.4) is 0 Å². The largest absolute Gasteiger partial charge is 0.491 e. The summed E-state index contributed by atoms with van der Waals surface area (Å²) in [5.41, 5.74) is 7.83. The summed E-state index contributed by atoms with van der Waals surface area (Å²) in [7, 11) is 2.12. The Bertz CT molecular complexity index is 574. The zero-order valence-electron chi connectivity index (χ0n) is 12.3. The van der Waals surface area contributed by atoms with Crippen molar-refractivity contribution in [1.29, 1.82) is 0 Å². The fraction of sp³-hybridized carbons (Fsp3) is 0.294. The minimum atomic E-state index is 0.675. The molecule has 0 heterocycles. The fourth-order valence-corrected chi connectivity index (χ4v) is 2.54. The SMILES string of the molecule is CN(CCCOc1ccccc1N)Cc1ccccc1Br. The van der Waals surface area contributed by atoms with Crippen molar-refractivity contribution < 1.29 is 4.74 Å². The number of ether oxygens (including phenoxy) is 1. The third-order valence-electron chi connectivity index (χ3n) is 3.26. The highest BCUT2D eigenvalue weighted by Gasteiger charge is 2.04. The van der Waals surface area contributed by atoms with E-state index in [1.165, 1.54) is 5.56 Å². The van der Waals surface area contributed by atoms with Crippen LogP contribution in [0.2, 0.25) is 0 Å². The molecule has 0 bridgehead atoms. The van der Waals surface area contributed by atoms with Crippen LogP contribution in [0.25, 0.3) is 0 Å². The Balaban J connectivity index is 1.71. The highest BCUT2D eigenvalue weighted by Crippen LogP contribution is 2.20. The average molecular weight is 349 g/mol. The number of hydrogen-bond acceptors (Lipinski definition) is 3. The van der Waals surface area contributed by atoms with Crippen LogP contribution in [0.5, 0.6) is 5.75 Å². The van der Waals surface area contributed by atoms with Gasteiger partial charge in [0.2, 0.25) is 0 Å². The molecule has 0 saturated carbocycles. The molecule has 0 aliphatic heterocycles. The van der Waals surface area contributed by atoms with E-state index in [1.807, 2.05) is 30.3 Å². The van der Waals surface area contributed by atoms with Gasteiger partial charge in [-0.15, -0.1) is 0 Å². The molecule has 4 heteroatoms. The molecule has 2 N–H and O–H groups in total. The molecule has 0 saturated heterocycles. The summed E-state index contributed by atoms with van der Waals surface area (Å²) >= 11 is 3.58. The summed E-state index contributed by atoms with van der Waals surface area (Å²) in [5.74, 6) is 0.769. The molecule has 0 aromatic heterocycles. The second-order valence-corrected chi connectivity index (χ2v) is 5.92. The van der Waals surface area contributed by atoms with Crippen molar-refractivity contribution in [3.8, 4) is 5.75 Å². The van der Waals surface area contributed by atoms with Crippen molar-refractivity contribution in [2.24, 2.45) is 0 Å². The molecular weight excluding hydrogens is 328 g/mol. The molecular formula is C17H21BrN2O. The Morgan fingerprint density at radius 2 is 1.81 bits per heavy atom. The molecule has 0 spiro atoms. The molecule has 112 valence electrons. The monoisotopic (exact) mass is 348 g/mol. The molecule has 2 aromatic rings. The number of hydrogen-bond donors (Lipinski definition) is 1. The van der Waals surface area contributed by atoms with Gasteiger partial charge in [-0.05, 0) is 37.2 Å². The van der Waals surface area contributed by atoms with Crippen LogP contribution in [-0.4, -0.2) is 25.1 Å². The van der Waals surface area contributed by atoms with Crippen molar-refractivity contribution >= 4 is 21.6 Å². The van der Waals surface area contributed by atoms with Gasteiger partial charge in [-0.1, -0.05) is 46.3 Å². The molecule has 2 rings (SSSR count). The molecule has 0 atom stereocenters. The summed E-state index contributed by atoms with van der Waals surface area (Å²) in [6.45, 7) is 2.58. The molecule has 0 amide bonds. The smallest absolute Gasteiger partial charge is 0.142 e. The van der Waals surface area contributed by atoms with Crippen LogP contribution in [0.1, 0.15) is 12.0 Å². The van der Waals surface area contributed by atoms with Gasteiger partial charge in [0.15, 0.2) is 0 Å². The normalized spacial score (nSPS) is 10.8. The van der Waals surface area contributed by atoms with E-state index in [0.717, 1.165) is 29.7 Å². The Kier molecular flexibility index (Phi) is 6.08. The highest BCUT2D eigenvalue weighted by atomic mass is 79.9. The number of benzene rings is 2. The minimum Gasteiger partial charge on any atom is -0.491 e. The van der Waals surface area contributed by atoms with Crippen molar-refractivity contribution in [1.82, 2.24) is 4.90 Å². The van der Waals surface area contributed by atoms with E-state index in [1.54, 1.807) is 0 Å². The third kappa shape index (κ3) is 5.06. The second-order valence-electron chi connectivity index (χ2n) is 5.07. The first kappa shape index (κ1) is 15.9. The Morgan fingerprint density at radius 1 is 1.10 bits per heavy atom. The lowest BCUT2D eigenvalue weighted by Gasteiger charge is -2.17. The first-order chi connectivity index (χ1) is 10.2. The molecule has 2 aromatic carbocycles. The van der Waals surface area contributed by atoms with E-state index in [4.69, 9.17) is 10.5 Å². The van der Waals surface area contributed by atoms with Crippen LogP contribution in [0, 0.1) is 0 Å². The predicted molar refractivity (Wildman–Crippen MR) is 91.4 cm³/mol. The molecule has 0 aliphatic carbocycles. The second kappa shape index (κ2) is 8.05. The number of rotatable bonds is 7. The lowest BCUT2D eigenvalue weighted by Crippen LogP contribution is -2.21. The van der Waals surface area contributed by atoms with Crippen LogP contribution < -0.4 is 10.5 Å². The number of para-hydroxylation sites is 2. The number of halogens is 1. The molecule has 0 unspecified atom stereocenters. The van der Waals surface area contributed by atoms with Crippen LogP contribution in [0.4, 0.5) is 5.69 Å². The summed E-state index contributed by atoms with van der Waals surface area (Å²) in [4.78, 5) is 2.29. The summed E-state index contributed by atoms with van der Waals surface area (Å²) < 4.78 is 6.86. The van der Waals surface area contributed by atoms with Crippen LogP contribution in [0.15, 0.2) is 53.0 Å². The standard InChI is InChI=1S/C17H21BrN2O/c1-20(13-14-7-2-3-8-15(14)18)11-6-12-21-17-10-5-4-9-16(17)19/h2-5,7-10H,6,11-13,19H2,1H3. The molecule has 0 radical (unpaired) electrons. The Labute approximate surface area is 134 Å². The fourth-order valence-electron chi connectivity index (χ4n) is 2.13. The van der Waals surface area contributed by atoms with Crippen LogP contribution in [-0.2, 0) is 6.54 Å². The van der Waals surface area contributed by atoms with Gasteiger partial charge in [0.1, 0.15) is 5.75 Å². The van der Waals surface area contributed by atoms with E-state index >= 15 is 0 Å². The van der Waals surface area contributed by atoms with Gasteiger partial charge < -0.3 is 15.4 Å². The van der Waals surface area contributed by atoms with Gasteiger partial charge >= 0.3 is 0 Å². The predicted octanol–water partition coefficient (Wildman–Crippen LogP) is 3.93. The number of nitrogen functional groups attached to an aromatic ring is 1. The van der Waals surface area contributed by atoms with Gasteiger partial charge in [0, 0.05) is 17.6 Å². The van der Waals surface area contributed by atoms with Crippen molar-refractivity contribution in [3.05, 3.63) is 58.6 Å². The average Bonchev–Trinajstić information content (AvgIpc) is 2.48. The number of nitrogens with two attached hydrogens (primary N) is 1. The first-order valence-corrected chi connectivity index (χ1v) is 7.85. The first-order valence-electron chi connectivity index (χ1n) is 7.06. The molecule has 21 heavy (non-hydrogen) atoms. The molecule has 0 fully saturated rings. The van der Waals surface area contributed by atoms with E-state index in [0.29, 0.717) is 12.3 Å².